The summed E-state index contributed by atoms with van der Waals surface area (Å²) in [5.41, 5.74) is 1.65. The van der Waals surface area contributed by atoms with E-state index < -0.39 is 17.9 Å². The fraction of sp³-hybridized carbons (Fsp3) is 0.154. The average molecular weight is 276 g/mol. The molecule has 0 spiro atoms. The SMILES string of the molecule is O=C1C(NO)=C[C@@H](OC(=O)c2ccccc2)C/C1=N\O. The summed E-state index contributed by atoms with van der Waals surface area (Å²) in [4.78, 5) is 23.4. The number of ether oxygens (including phenoxy) is 1. The number of oxime groups is 1. The van der Waals surface area contributed by atoms with Gasteiger partial charge in [0.15, 0.2) is 0 Å². The third-order valence-corrected chi connectivity index (χ3v) is 2.76. The summed E-state index contributed by atoms with van der Waals surface area (Å²) < 4.78 is 5.18. The van der Waals surface area contributed by atoms with E-state index in [1.807, 2.05) is 0 Å². The molecule has 0 unspecified atom stereocenters. The van der Waals surface area contributed by atoms with E-state index >= 15 is 0 Å². The van der Waals surface area contributed by atoms with Gasteiger partial charge in [0, 0.05) is 6.42 Å². The third kappa shape index (κ3) is 2.83. The highest BCUT2D eigenvalue weighted by molar-refractivity contribution is 6.46. The first-order valence-electron chi connectivity index (χ1n) is 5.79. The van der Waals surface area contributed by atoms with Crippen molar-refractivity contribution in [3.05, 3.63) is 47.7 Å². The van der Waals surface area contributed by atoms with Gasteiger partial charge in [-0.3, -0.25) is 15.5 Å². The lowest BCUT2D eigenvalue weighted by Crippen LogP contribution is -2.35. The van der Waals surface area contributed by atoms with Crippen LogP contribution in [-0.4, -0.2) is 34.0 Å². The molecule has 7 heteroatoms. The Kier molecular flexibility index (Phi) is 4.11. The van der Waals surface area contributed by atoms with Gasteiger partial charge in [-0.1, -0.05) is 23.4 Å². The van der Waals surface area contributed by atoms with Gasteiger partial charge in [0.05, 0.1) is 5.56 Å². The first kappa shape index (κ1) is 13.8. The van der Waals surface area contributed by atoms with E-state index in [2.05, 4.69) is 5.16 Å². The Morgan fingerprint density at radius 2 is 2.05 bits per heavy atom. The van der Waals surface area contributed by atoms with Crippen LogP contribution in [0.4, 0.5) is 0 Å². The minimum atomic E-state index is -0.805. The predicted octanol–water partition coefficient (Wildman–Crippen LogP) is 0.878. The smallest absolute Gasteiger partial charge is 0.338 e. The maximum Gasteiger partial charge on any atom is 0.338 e. The van der Waals surface area contributed by atoms with Crippen molar-refractivity contribution < 1.29 is 24.7 Å². The van der Waals surface area contributed by atoms with E-state index in [9.17, 15) is 9.59 Å². The van der Waals surface area contributed by atoms with Gasteiger partial charge in [-0.2, -0.15) is 0 Å². The highest BCUT2D eigenvalue weighted by Gasteiger charge is 2.29. The summed E-state index contributed by atoms with van der Waals surface area (Å²) in [6.07, 6.45) is 0.401. The van der Waals surface area contributed by atoms with E-state index in [0.717, 1.165) is 0 Å². The molecule has 0 aromatic heterocycles. The molecule has 104 valence electrons. The molecule has 7 nitrogen and oxygen atoms in total. The summed E-state index contributed by atoms with van der Waals surface area (Å²) in [6, 6.07) is 8.33. The Morgan fingerprint density at radius 3 is 2.65 bits per heavy atom. The summed E-state index contributed by atoms with van der Waals surface area (Å²) in [6.45, 7) is 0. The van der Waals surface area contributed by atoms with E-state index in [0.29, 0.717) is 5.56 Å². The van der Waals surface area contributed by atoms with Crippen LogP contribution in [0, 0.1) is 0 Å². The monoisotopic (exact) mass is 276 g/mol. The first-order valence-corrected chi connectivity index (χ1v) is 5.79. The molecule has 1 atom stereocenters. The second-order valence-corrected chi connectivity index (χ2v) is 4.08. The largest absolute Gasteiger partial charge is 0.454 e. The molecule has 0 saturated heterocycles. The highest BCUT2D eigenvalue weighted by Crippen LogP contribution is 2.16. The molecule has 2 rings (SSSR count). The number of hydroxylamine groups is 1. The quantitative estimate of drug-likeness (QED) is 0.429. The minimum Gasteiger partial charge on any atom is -0.454 e. The van der Waals surface area contributed by atoms with Crippen molar-refractivity contribution >= 4 is 17.5 Å². The molecule has 0 bridgehead atoms. The van der Waals surface area contributed by atoms with Crippen LogP contribution >= 0.6 is 0 Å². The summed E-state index contributed by atoms with van der Waals surface area (Å²) in [5.74, 6) is -1.22. The molecule has 20 heavy (non-hydrogen) atoms. The van der Waals surface area contributed by atoms with Gasteiger partial charge >= 0.3 is 5.97 Å². The minimum absolute atomic E-state index is 0.0565. The molecule has 3 N–H and O–H groups in total. The first-order chi connectivity index (χ1) is 9.65. The Hall–Kier alpha value is -2.67. The lowest BCUT2D eigenvalue weighted by Gasteiger charge is -2.20. The number of benzene rings is 1. The molecule has 0 saturated carbocycles. The maximum absolute atomic E-state index is 11.9. The number of nitrogens with zero attached hydrogens (tertiary/aromatic N) is 1. The molecule has 1 aromatic carbocycles. The van der Waals surface area contributed by atoms with E-state index in [-0.39, 0.29) is 17.8 Å². The number of hydrogen-bond donors (Lipinski definition) is 3. The van der Waals surface area contributed by atoms with Gasteiger partial charge in [0.25, 0.3) is 0 Å². The van der Waals surface area contributed by atoms with Crippen LogP contribution in [0.15, 0.2) is 47.3 Å². The number of rotatable bonds is 3. The summed E-state index contributed by atoms with van der Waals surface area (Å²) >= 11 is 0. The van der Waals surface area contributed by atoms with Crippen molar-refractivity contribution in [3.63, 3.8) is 0 Å². The number of ketones is 1. The fourth-order valence-electron chi connectivity index (χ4n) is 1.79. The number of carbonyl (C=O) groups is 2. The van der Waals surface area contributed by atoms with Crippen molar-refractivity contribution in [2.45, 2.75) is 12.5 Å². The molecule has 1 aliphatic rings. The lowest BCUT2D eigenvalue weighted by atomic mass is 9.99. The van der Waals surface area contributed by atoms with Crippen molar-refractivity contribution in [2.75, 3.05) is 0 Å². The number of allylic oxidation sites excluding steroid dienone is 1. The molecule has 0 fully saturated rings. The molecule has 1 aliphatic carbocycles. The number of carbonyl (C=O) groups excluding carboxylic acids is 2. The molecule has 1 aromatic rings. The molecule has 0 aliphatic heterocycles. The van der Waals surface area contributed by atoms with Gasteiger partial charge in [-0.15, -0.1) is 0 Å². The van der Waals surface area contributed by atoms with Crippen LogP contribution in [-0.2, 0) is 9.53 Å². The number of Topliss-reactive ketones (excluding diaryl/α,β-unsaturated/α-hetero) is 1. The lowest BCUT2D eigenvalue weighted by molar-refractivity contribution is -0.111. The zero-order chi connectivity index (χ0) is 14.5. The van der Waals surface area contributed by atoms with Crippen LogP contribution in [0.3, 0.4) is 0 Å². The zero-order valence-electron chi connectivity index (χ0n) is 10.3. The van der Waals surface area contributed by atoms with Crippen LogP contribution in [0.25, 0.3) is 0 Å². The summed E-state index contributed by atoms with van der Waals surface area (Å²) in [7, 11) is 0. The Morgan fingerprint density at radius 1 is 1.35 bits per heavy atom. The average Bonchev–Trinajstić information content (AvgIpc) is 2.49. The van der Waals surface area contributed by atoms with Crippen molar-refractivity contribution in [3.8, 4) is 0 Å². The van der Waals surface area contributed by atoms with E-state index in [4.69, 9.17) is 15.2 Å². The Labute approximate surface area is 114 Å². The standard InChI is InChI=1S/C13H12N2O5/c16-12-10(14-18)6-9(7-11(12)15-19)20-13(17)8-4-2-1-3-5-8/h1-6,9,14,18-19H,7H2/b15-11+/t9-/m1/s1. The number of nitrogens with one attached hydrogen (secondary N) is 1. The topological polar surface area (TPSA) is 108 Å². The predicted molar refractivity (Wildman–Crippen MR) is 67.5 cm³/mol. The van der Waals surface area contributed by atoms with Gasteiger partial charge in [0.2, 0.25) is 5.78 Å². The second kappa shape index (κ2) is 5.98. The van der Waals surface area contributed by atoms with Gasteiger partial charge < -0.3 is 9.94 Å². The Balaban J connectivity index is 2.15. The Bertz CT molecular complexity index is 580. The van der Waals surface area contributed by atoms with Crippen LogP contribution < -0.4 is 5.48 Å². The van der Waals surface area contributed by atoms with Crippen molar-refractivity contribution in [2.24, 2.45) is 5.16 Å². The van der Waals surface area contributed by atoms with Gasteiger partial charge in [-0.25, -0.2) is 4.79 Å². The third-order valence-electron chi connectivity index (χ3n) is 2.76. The maximum atomic E-state index is 11.9. The van der Waals surface area contributed by atoms with Crippen LogP contribution in [0.5, 0.6) is 0 Å². The highest BCUT2D eigenvalue weighted by atomic mass is 16.5. The fourth-order valence-corrected chi connectivity index (χ4v) is 1.79. The molecule has 0 radical (unpaired) electrons. The van der Waals surface area contributed by atoms with Gasteiger partial charge in [0.1, 0.15) is 17.5 Å². The molecular weight excluding hydrogens is 264 g/mol. The zero-order valence-corrected chi connectivity index (χ0v) is 10.3. The van der Waals surface area contributed by atoms with Crippen molar-refractivity contribution in [1.29, 1.82) is 0 Å². The molecule has 0 heterocycles. The number of hydrogen-bond acceptors (Lipinski definition) is 7. The van der Waals surface area contributed by atoms with Crippen LogP contribution in [0.2, 0.25) is 0 Å². The van der Waals surface area contributed by atoms with Crippen molar-refractivity contribution in [1.82, 2.24) is 5.48 Å². The molecule has 0 amide bonds. The number of esters is 1. The summed E-state index contributed by atoms with van der Waals surface area (Å²) in [5, 5.41) is 20.4. The second-order valence-electron chi connectivity index (χ2n) is 4.08. The van der Waals surface area contributed by atoms with Gasteiger partial charge in [-0.05, 0) is 18.2 Å². The van der Waals surface area contributed by atoms with E-state index in [1.54, 1.807) is 35.8 Å². The van der Waals surface area contributed by atoms with E-state index in [1.165, 1.54) is 6.08 Å². The molecular formula is C13H12N2O5. The van der Waals surface area contributed by atoms with Crippen LogP contribution in [0.1, 0.15) is 16.8 Å². The normalized spacial score (nSPS) is 20.4.